The third-order valence-corrected chi connectivity index (χ3v) is 3.26. The van der Waals surface area contributed by atoms with Crippen LogP contribution in [0, 0.1) is 0 Å². The molecule has 1 saturated carbocycles. The summed E-state index contributed by atoms with van der Waals surface area (Å²) < 4.78 is 0. The van der Waals surface area contributed by atoms with Crippen LogP contribution in [0.25, 0.3) is 0 Å². The van der Waals surface area contributed by atoms with Crippen molar-refractivity contribution < 1.29 is 5.11 Å². The van der Waals surface area contributed by atoms with Gasteiger partial charge in [-0.3, -0.25) is 4.90 Å². The van der Waals surface area contributed by atoms with Crippen molar-refractivity contribution in [3.63, 3.8) is 0 Å². The molecule has 1 aliphatic carbocycles. The van der Waals surface area contributed by atoms with Gasteiger partial charge in [0.1, 0.15) is 0 Å². The molecule has 1 aliphatic heterocycles. The second-order valence-corrected chi connectivity index (χ2v) is 4.89. The van der Waals surface area contributed by atoms with Crippen LogP contribution in [0.4, 0.5) is 0 Å². The predicted octanol–water partition coefficient (Wildman–Crippen LogP) is 1.38. The molecule has 0 spiro atoms. The zero-order chi connectivity index (χ0) is 8.77. The molecular formula is C10H19NO. The van der Waals surface area contributed by atoms with Crippen LogP contribution in [0.2, 0.25) is 0 Å². The quantitative estimate of drug-likeness (QED) is 0.641. The average Bonchev–Trinajstić information content (AvgIpc) is 2.77. The first-order valence-corrected chi connectivity index (χ1v) is 5.04. The number of hydrogen-bond donors (Lipinski definition) is 1. The van der Waals surface area contributed by atoms with E-state index in [2.05, 4.69) is 18.7 Å². The van der Waals surface area contributed by atoms with Crippen LogP contribution in [-0.4, -0.2) is 34.2 Å². The van der Waals surface area contributed by atoms with Gasteiger partial charge < -0.3 is 5.11 Å². The SMILES string of the molecule is CC1(C)CCC(O)CN1C1CC1. The van der Waals surface area contributed by atoms with Crippen molar-refractivity contribution in [3.8, 4) is 0 Å². The van der Waals surface area contributed by atoms with Gasteiger partial charge in [-0.05, 0) is 39.5 Å². The molecule has 0 bridgehead atoms. The molecule has 2 fully saturated rings. The molecule has 2 rings (SSSR count). The van der Waals surface area contributed by atoms with Crippen molar-refractivity contribution in [3.05, 3.63) is 0 Å². The number of rotatable bonds is 1. The maximum atomic E-state index is 9.55. The molecule has 1 unspecified atom stereocenters. The van der Waals surface area contributed by atoms with Gasteiger partial charge in [-0.1, -0.05) is 0 Å². The molecular weight excluding hydrogens is 150 g/mol. The highest BCUT2D eigenvalue weighted by atomic mass is 16.3. The Labute approximate surface area is 74.6 Å². The summed E-state index contributed by atoms with van der Waals surface area (Å²) in [5.41, 5.74) is 0.334. The Morgan fingerprint density at radius 2 is 1.92 bits per heavy atom. The van der Waals surface area contributed by atoms with Crippen molar-refractivity contribution in [2.24, 2.45) is 0 Å². The van der Waals surface area contributed by atoms with Crippen molar-refractivity contribution >= 4 is 0 Å². The van der Waals surface area contributed by atoms with Gasteiger partial charge in [-0.2, -0.15) is 0 Å². The molecule has 1 atom stereocenters. The van der Waals surface area contributed by atoms with E-state index in [1.807, 2.05) is 0 Å². The van der Waals surface area contributed by atoms with Gasteiger partial charge in [0.25, 0.3) is 0 Å². The van der Waals surface area contributed by atoms with Gasteiger partial charge in [0.2, 0.25) is 0 Å². The van der Waals surface area contributed by atoms with E-state index in [-0.39, 0.29) is 6.10 Å². The van der Waals surface area contributed by atoms with Gasteiger partial charge in [0.15, 0.2) is 0 Å². The second kappa shape index (κ2) is 2.71. The highest BCUT2D eigenvalue weighted by Gasteiger charge is 2.41. The molecule has 0 aromatic carbocycles. The van der Waals surface area contributed by atoms with Crippen molar-refractivity contribution in [2.75, 3.05) is 6.54 Å². The summed E-state index contributed by atoms with van der Waals surface area (Å²) in [6.07, 6.45) is 4.74. The van der Waals surface area contributed by atoms with Crippen molar-refractivity contribution in [1.82, 2.24) is 4.90 Å². The summed E-state index contributed by atoms with van der Waals surface area (Å²) in [5, 5.41) is 9.55. The Kier molecular flexibility index (Phi) is 1.92. The molecule has 0 aromatic rings. The van der Waals surface area contributed by atoms with Crippen LogP contribution in [0.5, 0.6) is 0 Å². The highest BCUT2D eigenvalue weighted by molar-refractivity contribution is 4.97. The Bertz CT molecular complexity index is 175. The van der Waals surface area contributed by atoms with E-state index in [9.17, 15) is 5.11 Å². The summed E-state index contributed by atoms with van der Waals surface area (Å²) in [7, 11) is 0. The topological polar surface area (TPSA) is 23.5 Å². The predicted molar refractivity (Wildman–Crippen MR) is 49.0 cm³/mol. The van der Waals surface area contributed by atoms with E-state index < -0.39 is 0 Å². The molecule has 2 heteroatoms. The van der Waals surface area contributed by atoms with E-state index in [4.69, 9.17) is 0 Å². The minimum atomic E-state index is -0.0707. The van der Waals surface area contributed by atoms with Gasteiger partial charge in [-0.15, -0.1) is 0 Å². The number of aliphatic hydroxyl groups excluding tert-OH is 1. The number of piperidine rings is 1. The van der Waals surface area contributed by atoms with Crippen LogP contribution in [-0.2, 0) is 0 Å². The van der Waals surface area contributed by atoms with Crippen molar-refractivity contribution in [1.29, 1.82) is 0 Å². The number of β-amino-alcohol motifs (C(OH)–C–C–N with tert-alkyl or cyclic N) is 1. The summed E-state index contributed by atoms with van der Waals surface area (Å²) >= 11 is 0. The Balaban J connectivity index is 2.04. The smallest absolute Gasteiger partial charge is 0.0668 e. The molecule has 1 N–H and O–H groups in total. The maximum absolute atomic E-state index is 9.55. The normalized spacial score (nSPS) is 36.8. The van der Waals surface area contributed by atoms with Crippen molar-refractivity contribution in [2.45, 2.75) is 57.2 Å². The largest absolute Gasteiger partial charge is 0.392 e. The maximum Gasteiger partial charge on any atom is 0.0668 e. The number of likely N-dealkylation sites (tertiary alicyclic amines) is 1. The van der Waals surface area contributed by atoms with Crippen LogP contribution in [0.1, 0.15) is 39.5 Å². The second-order valence-electron chi connectivity index (χ2n) is 4.89. The summed E-state index contributed by atoms with van der Waals surface area (Å²) in [6, 6.07) is 0.787. The molecule has 0 aromatic heterocycles. The Morgan fingerprint density at radius 1 is 1.25 bits per heavy atom. The lowest BCUT2D eigenvalue weighted by Crippen LogP contribution is -2.52. The Hall–Kier alpha value is -0.0800. The van der Waals surface area contributed by atoms with Crippen LogP contribution in [0.15, 0.2) is 0 Å². The lowest BCUT2D eigenvalue weighted by Gasteiger charge is -2.44. The van der Waals surface area contributed by atoms with E-state index >= 15 is 0 Å². The average molecular weight is 169 g/mol. The van der Waals surface area contributed by atoms with Gasteiger partial charge in [0, 0.05) is 18.1 Å². The first kappa shape index (κ1) is 8.52. The minimum Gasteiger partial charge on any atom is -0.392 e. The van der Waals surface area contributed by atoms with E-state index in [1.54, 1.807) is 0 Å². The number of aliphatic hydroxyl groups is 1. The molecule has 0 radical (unpaired) electrons. The molecule has 70 valence electrons. The van der Waals surface area contributed by atoms with Crippen LogP contribution >= 0.6 is 0 Å². The first-order valence-electron chi connectivity index (χ1n) is 5.04. The van der Waals surface area contributed by atoms with E-state index in [0.717, 1.165) is 25.4 Å². The Morgan fingerprint density at radius 3 is 2.50 bits per heavy atom. The molecule has 2 nitrogen and oxygen atoms in total. The zero-order valence-corrected chi connectivity index (χ0v) is 8.08. The lowest BCUT2D eigenvalue weighted by atomic mass is 9.89. The monoisotopic (exact) mass is 169 g/mol. The number of hydrogen-bond acceptors (Lipinski definition) is 2. The summed E-state index contributed by atoms with van der Waals surface area (Å²) in [6.45, 7) is 5.51. The summed E-state index contributed by atoms with van der Waals surface area (Å²) in [5.74, 6) is 0. The minimum absolute atomic E-state index is 0.0707. The molecule has 12 heavy (non-hydrogen) atoms. The van der Waals surface area contributed by atoms with Crippen LogP contribution < -0.4 is 0 Å². The molecule has 0 amide bonds. The molecule has 2 aliphatic rings. The van der Waals surface area contributed by atoms with Gasteiger partial charge in [-0.25, -0.2) is 0 Å². The third kappa shape index (κ3) is 1.50. The fourth-order valence-electron chi connectivity index (χ4n) is 2.26. The van der Waals surface area contributed by atoms with E-state index in [0.29, 0.717) is 5.54 Å². The fourth-order valence-corrected chi connectivity index (χ4v) is 2.26. The number of nitrogens with zero attached hydrogens (tertiary/aromatic N) is 1. The van der Waals surface area contributed by atoms with Gasteiger partial charge >= 0.3 is 0 Å². The fraction of sp³-hybridized carbons (Fsp3) is 1.00. The molecule has 1 heterocycles. The first-order chi connectivity index (χ1) is 5.59. The molecule has 1 saturated heterocycles. The van der Waals surface area contributed by atoms with Crippen LogP contribution in [0.3, 0.4) is 0 Å². The highest BCUT2D eigenvalue weighted by Crippen LogP contribution is 2.37. The lowest BCUT2D eigenvalue weighted by molar-refractivity contribution is -0.00975. The zero-order valence-electron chi connectivity index (χ0n) is 8.08. The summed E-state index contributed by atoms with van der Waals surface area (Å²) in [4.78, 5) is 2.50. The third-order valence-electron chi connectivity index (χ3n) is 3.26. The van der Waals surface area contributed by atoms with Gasteiger partial charge in [0.05, 0.1) is 6.10 Å². The standard InChI is InChI=1S/C10H19NO/c1-10(2)6-5-9(12)7-11(10)8-3-4-8/h8-9,12H,3-7H2,1-2H3. The van der Waals surface area contributed by atoms with E-state index in [1.165, 1.54) is 12.8 Å².